The van der Waals surface area contributed by atoms with Crippen LogP contribution in [-0.2, 0) is 17.2 Å². The summed E-state index contributed by atoms with van der Waals surface area (Å²) in [6, 6.07) is 15.3. The molecule has 0 spiro atoms. The van der Waals surface area contributed by atoms with E-state index in [9.17, 15) is 9.59 Å². The number of halogens is 1. The number of carbonyl (C=O) groups is 1. The molecule has 0 atom stereocenters. The maximum Gasteiger partial charge on any atom is 0.274 e. The molecule has 1 aliphatic rings. The molecule has 0 aliphatic carbocycles. The van der Waals surface area contributed by atoms with Crippen LogP contribution in [0, 0.1) is 0 Å². The lowest BCUT2D eigenvalue weighted by Crippen LogP contribution is -2.45. The van der Waals surface area contributed by atoms with Gasteiger partial charge in [-0.3, -0.25) is 9.59 Å². The Bertz CT molecular complexity index is 1120. The van der Waals surface area contributed by atoms with Gasteiger partial charge in [-0.15, -0.1) is 0 Å². The molecule has 7 heteroatoms. The summed E-state index contributed by atoms with van der Waals surface area (Å²) in [5.41, 5.74) is 1.02. The van der Waals surface area contributed by atoms with Crippen molar-refractivity contribution in [1.29, 1.82) is 0 Å². The van der Waals surface area contributed by atoms with E-state index in [-0.39, 0.29) is 22.6 Å². The molecule has 1 fully saturated rings. The van der Waals surface area contributed by atoms with Crippen molar-refractivity contribution < 1.29 is 9.53 Å². The molecular formula is C22H22BrN3O3. The van der Waals surface area contributed by atoms with Crippen molar-refractivity contribution in [2.75, 3.05) is 19.8 Å². The van der Waals surface area contributed by atoms with E-state index < -0.39 is 0 Å². The number of aromatic nitrogens is 2. The summed E-state index contributed by atoms with van der Waals surface area (Å²) in [4.78, 5) is 25.4. The first-order chi connectivity index (χ1) is 14.0. The Balaban J connectivity index is 1.65. The molecule has 1 aromatic heterocycles. The van der Waals surface area contributed by atoms with E-state index in [4.69, 9.17) is 4.74 Å². The summed E-state index contributed by atoms with van der Waals surface area (Å²) < 4.78 is 7.81. The average Bonchev–Trinajstić information content (AvgIpc) is 2.75. The Labute approximate surface area is 177 Å². The largest absolute Gasteiger partial charge is 0.381 e. The zero-order chi connectivity index (χ0) is 20.4. The summed E-state index contributed by atoms with van der Waals surface area (Å²) in [5, 5.41) is 8.37. The fraction of sp³-hybridized carbons (Fsp3) is 0.318. The van der Waals surface area contributed by atoms with Crippen LogP contribution >= 0.6 is 15.9 Å². The van der Waals surface area contributed by atoms with Gasteiger partial charge in [0.1, 0.15) is 0 Å². The monoisotopic (exact) mass is 455 g/mol. The molecule has 2 heterocycles. The van der Waals surface area contributed by atoms with Gasteiger partial charge in [-0.2, -0.15) is 5.10 Å². The third-order valence-electron chi connectivity index (χ3n) is 5.65. The van der Waals surface area contributed by atoms with Crippen LogP contribution in [0.4, 0.5) is 0 Å². The number of fused-ring (bicyclic) bond motifs is 1. The molecule has 0 unspecified atom stereocenters. The molecule has 1 N–H and O–H groups in total. The standard InChI is InChI=1S/C22H22BrN3O3/c1-26-21(28)18-8-3-2-7-17(18)19(25-26)20(27)24-14-22(9-11-29-12-10-22)15-5-4-6-16(23)13-15/h2-8,13H,9-12,14H2,1H3,(H,24,27). The van der Waals surface area contributed by atoms with Crippen LogP contribution < -0.4 is 10.9 Å². The summed E-state index contributed by atoms with van der Waals surface area (Å²) in [6.45, 7) is 1.79. The van der Waals surface area contributed by atoms with Gasteiger partial charge in [0.2, 0.25) is 0 Å². The van der Waals surface area contributed by atoms with E-state index in [0.29, 0.717) is 30.5 Å². The number of aryl methyl sites for hydroxylation is 1. The van der Waals surface area contributed by atoms with Crippen molar-refractivity contribution in [2.24, 2.45) is 7.05 Å². The van der Waals surface area contributed by atoms with E-state index in [1.165, 1.54) is 10.2 Å². The summed E-state index contributed by atoms with van der Waals surface area (Å²) >= 11 is 3.55. The molecule has 2 aromatic carbocycles. The smallest absolute Gasteiger partial charge is 0.274 e. The summed E-state index contributed by atoms with van der Waals surface area (Å²) in [5.74, 6) is -0.280. The Morgan fingerprint density at radius 3 is 2.62 bits per heavy atom. The molecule has 0 radical (unpaired) electrons. The van der Waals surface area contributed by atoms with Gasteiger partial charge in [-0.05, 0) is 36.6 Å². The second-order valence-electron chi connectivity index (χ2n) is 7.41. The molecule has 1 amide bonds. The topological polar surface area (TPSA) is 73.2 Å². The molecule has 1 aliphatic heterocycles. The van der Waals surface area contributed by atoms with Gasteiger partial charge in [0.25, 0.3) is 11.5 Å². The third-order valence-corrected chi connectivity index (χ3v) is 6.14. The summed E-state index contributed by atoms with van der Waals surface area (Å²) in [7, 11) is 1.56. The van der Waals surface area contributed by atoms with Crippen LogP contribution in [0.15, 0.2) is 57.8 Å². The molecule has 0 saturated carbocycles. The number of ether oxygens (including phenoxy) is 1. The molecule has 4 rings (SSSR count). The lowest BCUT2D eigenvalue weighted by atomic mass is 9.74. The number of nitrogens with one attached hydrogen (secondary N) is 1. The van der Waals surface area contributed by atoms with E-state index in [1.807, 2.05) is 18.2 Å². The number of hydrogen-bond acceptors (Lipinski definition) is 4. The van der Waals surface area contributed by atoms with Gasteiger partial charge in [-0.25, -0.2) is 4.68 Å². The van der Waals surface area contributed by atoms with Crippen molar-refractivity contribution in [3.05, 3.63) is 74.6 Å². The van der Waals surface area contributed by atoms with Crippen LogP contribution in [0.5, 0.6) is 0 Å². The maximum atomic E-state index is 13.1. The Morgan fingerprint density at radius 2 is 1.90 bits per heavy atom. The predicted octanol–water partition coefficient (Wildman–Crippen LogP) is 3.17. The van der Waals surface area contributed by atoms with Gasteiger partial charge in [0, 0.05) is 42.1 Å². The van der Waals surface area contributed by atoms with Gasteiger partial charge >= 0.3 is 0 Å². The number of carbonyl (C=O) groups excluding carboxylic acids is 1. The van der Waals surface area contributed by atoms with Crippen LogP contribution in [0.25, 0.3) is 10.8 Å². The molecule has 6 nitrogen and oxygen atoms in total. The van der Waals surface area contributed by atoms with E-state index >= 15 is 0 Å². The molecular weight excluding hydrogens is 434 g/mol. The molecule has 1 saturated heterocycles. The minimum absolute atomic E-state index is 0.200. The first kappa shape index (κ1) is 19.8. The summed E-state index contributed by atoms with van der Waals surface area (Å²) in [6.07, 6.45) is 1.65. The lowest BCUT2D eigenvalue weighted by Gasteiger charge is -2.38. The van der Waals surface area contributed by atoms with Crippen LogP contribution in [-0.4, -0.2) is 35.4 Å². The first-order valence-corrected chi connectivity index (χ1v) is 10.4. The highest BCUT2D eigenvalue weighted by atomic mass is 79.9. The lowest BCUT2D eigenvalue weighted by molar-refractivity contribution is 0.0486. The number of hydrogen-bond donors (Lipinski definition) is 1. The minimum atomic E-state index is -0.280. The minimum Gasteiger partial charge on any atom is -0.381 e. The van der Waals surface area contributed by atoms with Crippen molar-refractivity contribution in [3.8, 4) is 0 Å². The Hall–Kier alpha value is -2.51. The molecule has 3 aromatic rings. The van der Waals surface area contributed by atoms with Crippen molar-refractivity contribution in [3.63, 3.8) is 0 Å². The highest BCUT2D eigenvalue weighted by molar-refractivity contribution is 9.10. The molecule has 29 heavy (non-hydrogen) atoms. The predicted molar refractivity (Wildman–Crippen MR) is 115 cm³/mol. The van der Waals surface area contributed by atoms with Crippen LogP contribution in [0.2, 0.25) is 0 Å². The fourth-order valence-electron chi connectivity index (χ4n) is 3.95. The van der Waals surface area contributed by atoms with Gasteiger partial charge in [0.05, 0.1) is 5.39 Å². The van der Waals surface area contributed by atoms with E-state index in [1.54, 1.807) is 25.2 Å². The van der Waals surface area contributed by atoms with E-state index in [0.717, 1.165) is 17.3 Å². The fourth-order valence-corrected chi connectivity index (χ4v) is 4.35. The second kappa shape index (κ2) is 8.08. The quantitative estimate of drug-likeness (QED) is 0.655. The highest BCUT2D eigenvalue weighted by Gasteiger charge is 2.35. The van der Waals surface area contributed by atoms with Crippen molar-refractivity contribution in [1.82, 2.24) is 15.1 Å². The Morgan fingerprint density at radius 1 is 1.17 bits per heavy atom. The average molecular weight is 456 g/mol. The zero-order valence-corrected chi connectivity index (χ0v) is 17.7. The number of amides is 1. The third kappa shape index (κ3) is 3.84. The van der Waals surface area contributed by atoms with Gasteiger partial charge in [-0.1, -0.05) is 46.3 Å². The highest BCUT2D eigenvalue weighted by Crippen LogP contribution is 2.35. The number of rotatable bonds is 4. The van der Waals surface area contributed by atoms with Gasteiger partial charge < -0.3 is 10.1 Å². The number of benzene rings is 2. The van der Waals surface area contributed by atoms with Crippen molar-refractivity contribution in [2.45, 2.75) is 18.3 Å². The second-order valence-corrected chi connectivity index (χ2v) is 8.32. The van der Waals surface area contributed by atoms with Crippen molar-refractivity contribution >= 4 is 32.6 Å². The molecule has 150 valence electrons. The van der Waals surface area contributed by atoms with Crippen LogP contribution in [0.3, 0.4) is 0 Å². The molecule has 0 bridgehead atoms. The van der Waals surface area contributed by atoms with E-state index in [2.05, 4.69) is 38.5 Å². The van der Waals surface area contributed by atoms with Gasteiger partial charge in [0.15, 0.2) is 5.69 Å². The Kier molecular flexibility index (Phi) is 5.52. The normalized spacial score (nSPS) is 15.9. The zero-order valence-electron chi connectivity index (χ0n) is 16.2. The number of nitrogens with zero attached hydrogens (tertiary/aromatic N) is 2. The first-order valence-electron chi connectivity index (χ1n) is 9.58. The SMILES string of the molecule is Cn1nc(C(=O)NCC2(c3cccc(Br)c3)CCOCC2)c2ccccc2c1=O. The van der Waals surface area contributed by atoms with Crippen LogP contribution in [0.1, 0.15) is 28.9 Å². The maximum absolute atomic E-state index is 13.1.